The number of nitrogens with one attached hydrogen (secondary N) is 1. The second-order valence-corrected chi connectivity index (χ2v) is 8.29. The van der Waals surface area contributed by atoms with Gasteiger partial charge in [0.05, 0.1) is 13.2 Å². The fourth-order valence-corrected chi connectivity index (χ4v) is 4.55. The van der Waals surface area contributed by atoms with Crippen molar-refractivity contribution in [2.45, 2.75) is 45.6 Å². The maximum absolute atomic E-state index is 12.3. The summed E-state index contributed by atoms with van der Waals surface area (Å²) >= 11 is 1.44. The van der Waals surface area contributed by atoms with Crippen LogP contribution in [0.4, 0.5) is 5.13 Å². The van der Waals surface area contributed by atoms with Crippen LogP contribution in [0.3, 0.4) is 0 Å². The molecular formula is C16H27N3O2S. The van der Waals surface area contributed by atoms with Crippen LogP contribution in [0.5, 0.6) is 0 Å². The van der Waals surface area contributed by atoms with Crippen LogP contribution in [0.2, 0.25) is 0 Å². The topological polar surface area (TPSA) is 65.5 Å². The van der Waals surface area contributed by atoms with Crippen molar-refractivity contribution in [2.24, 2.45) is 11.3 Å². The maximum Gasteiger partial charge on any atom is 0.242 e. The fraction of sp³-hybridized carbons (Fsp3) is 0.750. The van der Waals surface area contributed by atoms with Gasteiger partial charge in [-0.2, -0.15) is 0 Å². The summed E-state index contributed by atoms with van der Waals surface area (Å²) in [5, 5.41) is 15.8. The van der Waals surface area contributed by atoms with Crippen molar-refractivity contribution < 1.29 is 9.90 Å². The predicted molar refractivity (Wildman–Crippen MR) is 90.1 cm³/mol. The van der Waals surface area contributed by atoms with Crippen LogP contribution < -0.4 is 10.2 Å². The second-order valence-electron chi connectivity index (χ2n) is 7.41. The Balaban J connectivity index is 2.00. The number of carbonyl (C=O) groups excluding carboxylic acids is 1. The Morgan fingerprint density at radius 2 is 2.27 bits per heavy atom. The summed E-state index contributed by atoms with van der Waals surface area (Å²) in [7, 11) is 1.74. The molecule has 22 heavy (non-hydrogen) atoms. The molecule has 0 aromatic carbocycles. The van der Waals surface area contributed by atoms with Gasteiger partial charge in [-0.25, -0.2) is 4.98 Å². The van der Waals surface area contributed by atoms with E-state index < -0.39 is 0 Å². The third-order valence-electron chi connectivity index (χ3n) is 4.45. The van der Waals surface area contributed by atoms with E-state index in [2.05, 4.69) is 31.1 Å². The summed E-state index contributed by atoms with van der Waals surface area (Å²) in [5.41, 5.74) is -0.182. The third kappa shape index (κ3) is 4.06. The summed E-state index contributed by atoms with van der Waals surface area (Å²) in [6.45, 7) is 6.97. The average molecular weight is 325 g/mol. The molecule has 1 aliphatic rings. The van der Waals surface area contributed by atoms with Gasteiger partial charge in [0, 0.05) is 24.2 Å². The number of rotatable bonds is 5. The zero-order valence-corrected chi connectivity index (χ0v) is 14.7. The molecule has 2 atom stereocenters. The van der Waals surface area contributed by atoms with E-state index in [1.165, 1.54) is 11.3 Å². The van der Waals surface area contributed by atoms with Gasteiger partial charge in [0.1, 0.15) is 0 Å². The van der Waals surface area contributed by atoms with Crippen molar-refractivity contribution in [2.75, 3.05) is 25.1 Å². The maximum atomic E-state index is 12.3. The van der Waals surface area contributed by atoms with E-state index in [4.69, 9.17) is 0 Å². The van der Waals surface area contributed by atoms with Gasteiger partial charge in [0.25, 0.3) is 0 Å². The van der Waals surface area contributed by atoms with Crippen LogP contribution in [0.15, 0.2) is 11.6 Å². The lowest BCUT2D eigenvalue weighted by Crippen LogP contribution is -2.57. The minimum atomic E-state index is -0.361. The number of amides is 1. The van der Waals surface area contributed by atoms with Gasteiger partial charge in [-0.3, -0.25) is 9.69 Å². The summed E-state index contributed by atoms with van der Waals surface area (Å²) in [5.74, 6) is 0.508. The molecule has 2 N–H and O–H groups in total. The molecule has 1 aromatic rings. The molecule has 0 spiro atoms. The summed E-state index contributed by atoms with van der Waals surface area (Å²) in [6, 6.07) is 0. The number of thiazole rings is 1. The molecule has 1 fully saturated rings. The molecule has 0 radical (unpaired) electrons. The second kappa shape index (κ2) is 6.64. The highest BCUT2D eigenvalue weighted by atomic mass is 32.1. The first-order valence-corrected chi connectivity index (χ1v) is 8.67. The number of aromatic nitrogens is 1. The van der Waals surface area contributed by atoms with E-state index in [-0.39, 0.29) is 30.0 Å². The van der Waals surface area contributed by atoms with Crippen LogP contribution in [0.25, 0.3) is 0 Å². The van der Waals surface area contributed by atoms with E-state index in [1.54, 1.807) is 18.1 Å². The minimum absolute atomic E-state index is 0.0289. The van der Waals surface area contributed by atoms with Gasteiger partial charge in [0.2, 0.25) is 5.91 Å². The SMILES string of the molecule is CC1CC(C)(C)CC(CO)(NCC(=O)N(C)c2nccs2)C1. The molecule has 1 saturated carbocycles. The molecule has 1 amide bonds. The largest absolute Gasteiger partial charge is 0.394 e. The molecule has 124 valence electrons. The number of likely N-dealkylation sites (N-methyl/N-ethyl adjacent to an activating group) is 1. The predicted octanol–water partition coefficient (Wildman–Crippen LogP) is 2.27. The number of aliphatic hydroxyl groups excluding tert-OH is 1. The summed E-state index contributed by atoms with van der Waals surface area (Å²) in [4.78, 5) is 18.1. The van der Waals surface area contributed by atoms with Gasteiger partial charge in [-0.1, -0.05) is 20.8 Å². The zero-order valence-electron chi connectivity index (χ0n) is 13.9. The van der Waals surface area contributed by atoms with Crippen LogP contribution in [0, 0.1) is 11.3 Å². The van der Waals surface area contributed by atoms with Crippen LogP contribution in [-0.2, 0) is 4.79 Å². The standard InChI is InChI=1S/C16H27N3O2S/c1-12-7-15(2,3)10-16(8-12,11-20)18-9-13(21)19(4)14-17-5-6-22-14/h5-6,12,18,20H,7-11H2,1-4H3. The van der Waals surface area contributed by atoms with Crippen LogP contribution in [0.1, 0.15) is 40.0 Å². The first-order chi connectivity index (χ1) is 10.3. The van der Waals surface area contributed by atoms with Gasteiger partial charge in [-0.05, 0) is 30.6 Å². The van der Waals surface area contributed by atoms with Crippen molar-refractivity contribution in [3.05, 3.63) is 11.6 Å². The van der Waals surface area contributed by atoms with E-state index >= 15 is 0 Å². The lowest BCUT2D eigenvalue weighted by Gasteiger charge is -2.47. The number of aliphatic hydroxyl groups is 1. The van der Waals surface area contributed by atoms with E-state index in [9.17, 15) is 9.90 Å². The molecule has 0 aliphatic heterocycles. The third-order valence-corrected chi connectivity index (χ3v) is 5.30. The molecule has 1 heterocycles. The molecule has 2 rings (SSSR count). The number of hydrogen-bond acceptors (Lipinski definition) is 5. The Morgan fingerprint density at radius 3 is 2.82 bits per heavy atom. The van der Waals surface area contributed by atoms with E-state index in [0.717, 1.165) is 19.3 Å². The van der Waals surface area contributed by atoms with Crippen molar-refractivity contribution >= 4 is 22.4 Å². The Morgan fingerprint density at radius 1 is 1.55 bits per heavy atom. The molecular weight excluding hydrogens is 298 g/mol. The van der Waals surface area contributed by atoms with Gasteiger partial charge >= 0.3 is 0 Å². The Kier molecular flexibility index (Phi) is 5.25. The van der Waals surface area contributed by atoms with Crippen molar-refractivity contribution in [3.8, 4) is 0 Å². The van der Waals surface area contributed by atoms with Gasteiger partial charge < -0.3 is 10.4 Å². The minimum Gasteiger partial charge on any atom is -0.394 e. The first-order valence-electron chi connectivity index (χ1n) is 7.79. The van der Waals surface area contributed by atoms with E-state index in [1.807, 2.05) is 5.38 Å². The van der Waals surface area contributed by atoms with Crippen molar-refractivity contribution in [1.29, 1.82) is 0 Å². The monoisotopic (exact) mass is 325 g/mol. The molecule has 1 aliphatic carbocycles. The molecule has 6 heteroatoms. The number of anilines is 1. The number of hydrogen-bond donors (Lipinski definition) is 2. The quantitative estimate of drug-likeness (QED) is 0.871. The zero-order chi connectivity index (χ0) is 16.4. The highest BCUT2D eigenvalue weighted by molar-refractivity contribution is 7.13. The lowest BCUT2D eigenvalue weighted by atomic mass is 9.64. The smallest absolute Gasteiger partial charge is 0.242 e. The number of nitrogens with zero attached hydrogens (tertiary/aromatic N) is 2. The average Bonchev–Trinajstić information content (AvgIpc) is 2.96. The van der Waals surface area contributed by atoms with Crippen molar-refractivity contribution in [3.63, 3.8) is 0 Å². The van der Waals surface area contributed by atoms with Crippen LogP contribution in [-0.4, -0.2) is 41.7 Å². The Hall–Kier alpha value is -0.980. The summed E-state index contributed by atoms with van der Waals surface area (Å²) < 4.78 is 0. The van der Waals surface area contributed by atoms with Crippen molar-refractivity contribution in [1.82, 2.24) is 10.3 Å². The molecule has 0 saturated heterocycles. The first kappa shape index (κ1) is 17.4. The Bertz CT molecular complexity index is 503. The molecule has 1 aromatic heterocycles. The highest BCUT2D eigenvalue weighted by Gasteiger charge is 2.42. The summed E-state index contributed by atoms with van der Waals surface area (Å²) in [6.07, 6.45) is 4.64. The van der Waals surface area contributed by atoms with Gasteiger partial charge in [-0.15, -0.1) is 11.3 Å². The van der Waals surface area contributed by atoms with Crippen LogP contribution >= 0.6 is 11.3 Å². The normalized spacial score (nSPS) is 27.6. The fourth-order valence-electron chi connectivity index (χ4n) is 3.92. The molecule has 0 bridgehead atoms. The van der Waals surface area contributed by atoms with E-state index in [0.29, 0.717) is 11.0 Å². The molecule has 2 unspecified atom stereocenters. The lowest BCUT2D eigenvalue weighted by molar-refractivity contribution is -0.118. The molecule has 5 nitrogen and oxygen atoms in total. The van der Waals surface area contributed by atoms with Gasteiger partial charge in [0.15, 0.2) is 5.13 Å². The highest BCUT2D eigenvalue weighted by Crippen LogP contribution is 2.43. The number of carbonyl (C=O) groups is 1. The Labute approximate surface area is 136 Å².